The van der Waals surface area contributed by atoms with Crippen LogP contribution in [0.15, 0.2) is 30.3 Å². The van der Waals surface area contributed by atoms with Gasteiger partial charge in [0, 0.05) is 31.5 Å². The Balaban J connectivity index is 1.39. The lowest BCUT2D eigenvalue weighted by atomic mass is 9.81. The molecule has 1 heterocycles. The minimum atomic E-state index is -0.792. The summed E-state index contributed by atoms with van der Waals surface area (Å²) >= 11 is 0. The van der Waals surface area contributed by atoms with Crippen molar-refractivity contribution in [2.75, 3.05) is 13.1 Å². The van der Waals surface area contributed by atoms with Gasteiger partial charge >= 0.3 is 5.97 Å². The van der Waals surface area contributed by atoms with Gasteiger partial charge in [0.05, 0.1) is 5.92 Å². The molecule has 152 valence electrons. The molecule has 1 aliphatic heterocycles. The van der Waals surface area contributed by atoms with E-state index in [1.165, 1.54) is 5.56 Å². The quantitative estimate of drug-likeness (QED) is 0.787. The molecule has 6 nitrogen and oxygen atoms in total. The first-order chi connectivity index (χ1) is 13.5. The van der Waals surface area contributed by atoms with Crippen LogP contribution in [0.3, 0.4) is 0 Å². The zero-order valence-electron chi connectivity index (χ0n) is 16.3. The molecule has 1 aliphatic carbocycles. The number of nitrogens with zero attached hydrogens (tertiary/aromatic N) is 1. The highest BCUT2D eigenvalue weighted by Gasteiger charge is 2.32. The summed E-state index contributed by atoms with van der Waals surface area (Å²) in [6.45, 7) is 1.34. The second-order valence-electron chi connectivity index (χ2n) is 8.05. The van der Waals surface area contributed by atoms with Gasteiger partial charge in [0.1, 0.15) is 0 Å². The maximum atomic E-state index is 12.5. The van der Waals surface area contributed by atoms with Gasteiger partial charge in [0.15, 0.2) is 0 Å². The van der Waals surface area contributed by atoms with Gasteiger partial charge in [-0.3, -0.25) is 14.4 Å². The third-order valence-electron chi connectivity index (χ3n) is 6.06. The zero-order valence-corrected chi connectivity index (χ0v) is 16.3. The summed E-state index contributed by atoms with van der Waals surface area (Å²) < 4.78 is 0. The number of carbonyl (C=O) groups is 3. The molecule has 0 aromatic heterocycles. The number of hydrogen-bond acceptors (Lipinski definition) is 3. The summed E-state index contributed by atoms with van der Waals surface area (Å²) in [6, 6.07) is 10.1. The van der Waals surface area contributed by atoms with E-state index in [0.717, 1.165) is 32.1 Å². The van der Waals surface area contributed by atoms with Crippen LogP contribution in [0, 0.1) is 11.8 Å². The van der Waals surface area contributed by atoms with Gasteiger partial charge in [0.2, 0.25) is 11.8 Å². The summed E-state index contributed by atoms with van der Waals surface area (Å²) in [5.41, 5.74) is 1.17. The van der Waals surface area contributed by atoms with Gasteiger partial charge < -0.3 is 15.3 Å². The lowest BCUT2D eigenvalue weighted by Crippen LogP contribution is -2.48. The number of hydrogen-bond donors (Lipinski definition) is 2. The Morgan fingerprint density at radius 2 is 1.68 bits per heavy atom. The molecule has 1 aromatic carbocycles. The molecule has 2 aliphatic rings. The van der Waals surface area contributed by atoms with E-state index >= 15 is 0 Å². The van der Waals surface area contributed by atoms with Crippen LogP contribution in [0.1, 0.15) is 50.5 Å². The van der Waals surface area contributed by atoms with Gasteiger partial charge in [-0.15, -0.1) is 0 Å². The maximum absolute atomic E-state index is 12.5. The lowest BCUT2D eigenvalue weighted by molar-refractivity contribution is -0.144. The summed E-state index contributed by atoms with van der Waals surface area (Å²) in [5.74, 6) is -1.22. The first-order valence-corrected chi connectivity index (χ1v) is 10.4. The third kappa shape index (κ3) is 5.57. The number of amides is 2. The van der Waals surface area contributed by atoms with Gasteiger partial charge in [-0.05, 0) is 44.1 Å². The molecule has 3 rings (SSSR count). The first-order valence-electron chi connectivity index (χ1n) is 10.4. The van der Waals surface area contributed by atoms with E-state index in [1.807, 2.05) is 35.2 Å². The molecule has 0 bridgehead atoms. The summed E-state index contributed by atoms with van der Waals surface area (Å²) in [6.07, 6.45) is 5.47. The fraction of sp³-hybridized carbons (Fsp3) is 0.591. The Labute approximate surface area is 166 Å². The molecule has 2 atom stereocenters. The topological polar surface area (TPSA) is 86.7 Å². The van der Waals surface area contributed by atoms with Crippen LogP contribution < -0.4 is 5.32 Å². The van der Waals surface area contributed by atoms with Crippen LogP contribution in [-0.2, 0) is 20.8 Å². The largest absolute Gasteiger partial charge is 0.481 e. The fourth-order valence-corrected chi connectivity index (χ4v) is 4.30. The number of carboxylic acids is 1. The monoisotopic (exact) mass is 386 g/mol. The summed E-state index contributed by atoms with van der Waals surface area (Å²) in [5, 5.41) is 12.3. The van der Waals surface area contributed by atoms with E-state index in [0.29, 0.717) is 32.4 Å². The molecule has 28 heavy (non-hydrogen) atoms. The predicted molar refractivity (Wildman–Crippen MR) is 106 cm³/mol. The van der Waals surface area contributed by atoms with Crippen molar-refractivity contribution in [1.82, 2.24) is 10.2 Å². The Bertz CT molecular complexity index is 683. The van der Waals surface area contributed by atoms with Gasteiger partial charge in [-0.2, -0.15) is 0 Å². The van der Waals surface area contributed by atoms with Gasteiger partial charge in [-0.1, -0.05) is 36.8 Å². The SMILES string of the molecule is O=C(O)C1CCCC(C(=O)NC2CCN(C(=O)CCc3ccccc3)CC2)C1. The smallest absolute Gasteiger partial charge is 0.306 e. The Hall–Kier alpha value is -2.37. The predicted octanol–water partition coefficient (Wildman–Crippen LogP) is 2.62. The normalized spacial score (nSPS) is 23.2. The van der Waals surface area contributed by atoms with E-state index < -0.39 is 11.9 Å². The second kappa shape index (κ2) is 9.71. The maximum Gasteiger partial charge on any atom is 0.306 e. The van der Waals surface area contributed by atoms with Crippen LogP contribution in [0.4, 0.5) is 0 Å². The van der Waals surface area contributed by atoms with Crippen molar-refractivity contribution in [2.45, 2.75) is 57.4 Å². The highest BCUT2D eigenvalue weighted by molar-refractivity contribution is 5.80. The summed E-state index contributed by atoms with van der Waals surface area (Å²) in [4.78, 5) is 38.0. The van der Waals surface area contributed by atoms with E-state index in [2.05, 4.69) is 5.32 Å². The van der Waals surface area contributed by atoms with Crippen LogP contribution in [0.25, 0.3) is 0 Å². The molecular formula is C22H30N2O4. The van der Waals surface area contributed by atoms with Crippen LogP contribution >= 0.6 is 0 Å². The number of benzene rings is 1. The van der Waals surface area contributed by atoms with Crippen LogP contribution in [-0.4, -0.2) is 46.9 Å². The number of aliphatic carboxylic acids is 1. The molecule has 0 spiro atoms. The molecule has 1 aromatic rings. The molecular weight excluding hydrogens is 356 g/mol. The molecule has 2 unspecified atom stereocenters. The first kappa shape index (κ1) is 20.4. The van der Waals surface area contributed by atoms with E-state index in [1.54, 1.807) is 0 Å². The number of carboxylic acid groups (broad SMARTS) is 1. The molecule has 2 amide bonds. The van der Waals surface area contributed by atoms with E-state index in [-0.39, 0.29) is 23.8 Å². The van der Waals surface area contributed by atoms with Gasteiger partial charge in [0.25, 0.3) is 0 Å². The minimum Gasteiger partial charge on any atom is -0.481 e. The Kier molecular flexibility index (Phi) is 7.06. The Morgan fingerprint density at radius 1 is 1.00 bits per heavy atom. The van der Waals surface area contributed by atoms with E-state index in [4.69, 9.17) is 0 Å². The fourth-order valence-electron chi connectivity index (χ4n) is 4.30. The van der Waals surface area contributed by atoms with Crippen LogP contribution in [0.5, 0.6) is 0 Å². The number of rotatable bonds is 6. The second-order valence-corrected chi connectivity index (χ2v) is 8.05. The van der Waals surface area contributed by atoms with Crippen molar-refractivity contribution in [1.29, 1.82) is 0 Å². The number of aryl methyl sites for hydroxylation is 1. The van der Waals surface area contributed by atoms with Crippen molar-refractivity contribution in [3.8, 4) is 0 Å². The molecule has 2 N–H and O–H groups in total. The van der Waals surface area contributed by atoms with E-state index in [9.17, 15) is 19.5 Å². The molecule has 1 saturated carbocycles. The van der Waals surface area contributed by atoms with Crippen molar-refractivity contribution < 1.29 is 19.5 Å². The van der Waals surface area contributed by atoms with Crippen molar-refractivity contribution in [2.24, 2.45) is 11.8 Å². The van der Waals surface area contributed by atoms with Crippen LogP contribution in [0.2, 0.25) is 0 Å². The minimum absolute atomic E-state index is 0.0141. The number of likely N-dealkylation sites (tertiary alicyclic amines) is 1. The third-order valence-corrected chi connectivity index (χ3v) is 6.06. The Morgan fingerprint density at radius 3 is 2.36 bits per heavy atom. The molecule has 0 radical (unpaired) electrons. The van der Waals surface area contributed by atoms with Crippen molar-refractivity contribution in [3.63, 3.8) is 0 Å². The number of piperidine rings is 1. The lowest BCUT2D eigenvalue weighted by Gasteiger charge is -2.34. The van der Waals surface area contributed by atoms with Gasteiger partial charge in [-0.25, -0.2) is 0 Å². The number of nitrogens with one attached hydrogen (secondary N) is 1. The zero-order chi connectivity index (χ0) is 19.9. The average molecular weight is 386 g/mol. The van der Waals surface area contributed by atoms with Crippen molar-refractivity contribution in [3.05, 3.63) is 35.9 Å². The molecule has 2 fully saturated rings. The highest BCUT2D eigenvalue weighted by Crippen LogP contribution is 2.29. The molecule has 6 heteroatoms. The molecule has 1 saturated heterocycles. The van der Waals surface area contributed by atoms with Crippen molar-refractivity contribution >= 4 is 17.8 Å². The standard InChI is InChI=1S/C22H30N2O4/c25-20(10-9-16-5-2-1-3-6-16)24-13-11-19(12-14-24)23-21(26)17-7-4-8-18(15-17)22(27)28/h1-3,5-6,17-19H,4,7-15H2,(H,23,26)(H,27,28). The number of carbonyl (C=O) groups excluding carboxylic acids is 2. The summed E-state index contributed by atoms with van der Waals surface area (Å²) in [7, 11) is 0. The highest BCUT2D eigenvalue weighted by atomic mass is 16.4. The average Bonchev–Trinajstić information content (AvgIpc) is 2.73.